The zero-order valence-electron chi connectivity index (χ0n) is 11.4. The molecule has 1 atom stereocenters. The molecule has 1 unspecified atom stereocenters. The van der Waals surface area contributed by atoms with E-state index in [1.807, 2.05) is 20.0 Å². The summed E-state index contributed by atoms with van der Waals surface area (Å²) in [5, 5.41) is 3.18. The Kier molecular flexibility index (Phi) is 4.16. The van der Waals surface area contributed by atoms with Gasteiger partial charge in [0.15, 0.2) is 0 Å². The standard InChI is InChI=1S/C14H20BrN3O/c1-14(13(16)19)5-6-18(9-14)12-7-11(15)4-3-10(12)8-17-2/h3-4,7,17H,5-6,8-9H2,1-2H3,(H2,16,19). The molecule has 1 saturated heterocycles. The third-order valence-corrected chi connectivity index (χ3v) is 4.32. The highest BCUT2D eigenvalue weighted by atomic mass is 79.9. The Morgan fingerprint density at radius 3 is 2.89 bits per heavy atom. The smallest absolute Gasteiger partial charge is 0.225 e. The summed E-state index contributed by atoms with van der Waals surface area (Å²) in [5.41, 5.74) is 7.50. The number of nitrogens with zero attached hydrogens (tertiary/aromatic N) is 1. The molecule has 1 heterocycles. The third-order valence-electron chi connectivity index (χ3n) is 3.82. The monoisotopic (exact) mass is 325 g/mol. The van der Waals surface area contributed by atoms with Gasteiger partial charge in [-0.25, -0.2) is 0 Å². The lowest BCUT2D eigenvalue weighted by Crippen LogP contribution is -2.37. The van der Waals surface area contributed by atoms with Crippen molar-refractivity contribution in [1.82, 2.24) is 5.32 Å². The summed E-state index contributed by atoms with van der Waals surface area (Å²) in [4.78, 5) is 13.8. The molecule has 0 radical (unpaired) electrons. The van der Waals surface area contributed by atoms with Crippen molar-refractivity contribution in [3.05, 3.63) is 28.2 Å². The Morgan fingerprint density at radius 1 is 1.58 bits per heavy atom. The molecule has 5 heteroatoms. The number of rotatable bonds is 4. The molecule has 104 valence electrons. The number of carbonyl (C=O) groups is 1. The maximum absolute atomic E-state index is 11.6. The van der Waals surface area contributed by atoms with Gasteiger partial charge < -0.3 is 16.0 Å². The molecule has 1 aromatic rings. The van der Waals surface area contributed by atoms with Crippen molar-refractivity contribution in [1.29, 1.82) is 0 Å². The van der Waals surface area contributed by atoms with Gasteiger partial charge in [0.25, 0.3) is 0 Å². The summed E-state index contributed by atoms with van der Waals surface area (Å²) >= 11 is 3.51. The number of amides is 1. The van der Waals surface area contributed by atoms with E-state index in [0.29, 0.717) is 6.54 Å². The highest BCUT2D eigenvalue weighted by Crippen LogP contribution is 2.35. The van der Waals surface area contributed by atoms with Crippen molar-refractivity contribution in [2.45, 2.75) is 19.9 Å². The van der Waals surface area contributed by atoms with Crippen LogP contribution in [0.4, 0.5) is 5.69 Å². The zero-order chi connectivity index (χ0) is 14.0. The second-order valence-corrected chi connectivity index (χ2v) is 6.32. The number of halogens is 1. The SMILES string of the molecule is CNCc1ccc(Br)cc1N1CCC(C)(C(N)=O)C1. The Labute approximate surface area is 122 Å². The Morgan fingerprint density at radius 2 is 2.32 bits per heavy atom. The number of nitrogens with two attached hydrogens (primary N) is 1. The molecule has 1 amide bonds. The van der Waals surface area contributed by atoms with Crippen LogP contribution in [0, 0.1) is 5.41 Å². The van der Waals surface area contributed by atoms with E-state index >= 15 is 0 Å². The van der Waals surface area contributed by atoms with Crippen LogP contribution in [-0.2, 0) is 11.3 Å². The largest absolute Gasteiger partial charge is 0.370 e. The molecule has 0 bridgehead atoms. The first kappa shape index (κ1) is 14.3. The van der Waals surface area contributed by atoms with Gasteiger partial charge in [0.05, 0.1) is 5.41 Å². The number of hydrogen-bond donors (Lipinski definition) is 2. The summed E-state index contributed by atoms with van der Waals surface area (Å²) in [5.74, 6) is -0.208. The third kappa shape index (κ3) is 2.92. The number of carbonyl (C=O) groups excluding carboxylic acids is 1. The minimum absolute atomic E-state index is 0.208. The van der Waals surface area contributed by atoms with E-state index in [0.717, 1.165) is 24.0 Å². The first-order valence-corrected chi connectivity index (χ1v) is 7.23. The second kappa shape index (κ2) is 5.51. The minimum Gasteiger partial charge on any atom is -0.370 e. The Balaban J connectivity index is 2.28. The number of anilines is 1. The van der Waals surface area contributed by atoms with Crippen LogP contribution in [0.3, 0.4) is 0 Å². The van der Waals surface area contributed by atoms with Gasteiger partial charge in [-0.2, -0.15) is 0 Å². The number of nitrogens with one attached hydrogen (secondary N) is 1. The first-order chi connectivity index (χ1) is 8.96. The lowest BCUT2D eigenvalue weighted by atomic mass is 9.89. The van der Waals surface area contributed by atoms with E-state index in [9.17, 15) is 4.79 Å². The predicted octanol–water partition coefficient (Wildman–Crippen LogP) is 1.87. The fourth-order valence-electron chi connectivity index (χ4n) is 2.54. The molecule has 1 aliphatic rings. The van der Waals surface area contributed by atoms with Gasteiger partial charge in [0.1, 0.15) is 0 Å². The molecular weight excluding hydrogens is 306 g/mol. The fraction of sp³-hybridized carbons (Fsp3) is 0.500. The molecule has 0 aromatic heterocycles. The quantitative estimate of drug-likeness (QED) is 0.888. The van der Waals surface area contributed by atoms with Crippen LogP contribution in [0.2, 0.25) is 0 Å². The summed E-state index contributed by atoms with van der Waals surface area (Å²) in [6, 6.07) is 6.26. The van der Waals surface area contributed by atoms with Gasteiger partial charge in [-0.3, -0.25) is 4.79 Å². The molecule has 19 heavy (non-hydrogen) atoms. The van der Waals surface area contributed by atoms with Crippen molar-refractivity contribution in [3.63, 3.8) is 0 Å². The summed E-state index contributed by atoms with van der Waals surface area (Å²) in [6.07, 6.45) is 0.813. The van der Waals surface area contributed by atoms with Gasteiger partial charge in [0, 0.05) is 29.8 Å². The lowest BCUT2D eigenvalue weighted by molar-refractivity contribution is -0.125. The van der Waals surface area contributed by atoms with Gasteiger partial charge in [-0.05, 0) is 38.1 Å². The molecule has 2 rings (SSSR count). The summed E-state index contributed by atoms with van der Waals surface area (Å²) in [6.45, 7) is 4.32. The van der Waals surface area contributed by atoms with E-state index in [4.69, 9.17) is 5.73 Å². The number of hydrogen-bond acceptors (Lipinski definition) is 3. The maximum Gasteiger partial charge on any atom is 0.225 e. The lowest BCUT2D eigenvalue weighted by Gasteiger charge is -2.25. The maximum atomic E-state index is 11.6. The normalized spacial score (nSPS) is 22.8. The summed E-state index contributed by atoms with van der Waals surface area (Å²) in [7, 11) is 1.93. The van der Waals surface area contributed by atoms with Crippen molar-refractivity contribution in [2.24, 2.45) is 11.1 Å². The first-order valence-electron chi connectivity index (χ1n) is 6.44. The fourth-order valence-corrected chi connectivity index (χ4v) is 2.89. The molecule has 1 aromatic carbocycles. The summed E-state index contributed by atoms with van der Waals surface area (Å²) < 4.78 is 1.05. The predicted molar refractivity (Wildman–Crippen MR) is 81.0 cm³/mol. The minimum atomic E-state index is -0.417. The van der Waals surface area contributed by atoms with E-state index < -0.39 is 5.41 Å². The molecule has 0 spiro atoms. The molecule has 4 nitrogen and oxygen atoms in total. The average molecular weight is 326 g/mol. The second-order valence-electron chi connectivity index (χ2n) is 5.40. The van der Waals surface area contributed by atoms with E-state index in [-0.39, 0.29) is 5.91 Å². The van der Waals surface area contributed by atoms with Crippen molar-refractivity contribution < 1.29 is 4.79 Å². The molecule has 1 aliphatic heterocycles. The number of benzene rings is 1. The Bertz CT molecular complexity index is 492. The van der Waals surface area contributed by atoms with Gasteiger partial charge in [-0.1, -0.05) is 22.0 Å². The van der Waals surface area contributed by atoms with Crippen LogP contribution in [-0.4, -0.2) is 26.0 Å². The Hall–Kier alpha value is -1.07. The van der Waals surface area contributed by atoms with Gasteiger partial charge >= 0.3 is 0 Å². The zero-order valence-corrected chi connectivity index (χ0v) is 13.0. The van der Waals surface area contributed by atoms with Crippen LogP contribution in [0.5, 0.6) is 0 Å². The van der Waals surface area contributed by atoms with Crippen molar-refractivity contribution >= 4 is 27.5 Å². The molecule has 3 N–H and O–H groups in total. The van der Waals surface area contributed by atoms with Gasteiger partial charge in [0.2, 0.25) is 5.91 Å². The highest BCUT2D eigenvalue weighted by molar-refractivity contribution is 9.10. The van der Waals surface area contributed by atoms with E-state index in [1.54, 1.807) is 0 Å². The van der Waals surface area contributed by atoms with Crippen LogP contribution >= 0.6 is 15.9 Å². The molecular formula is C14H20BrN3O. The van der Waals surface area contributed by atoms with Crippen LogP contribution in [0.15, 0.2) is 22.7 Å². The van der Waals surface area contributed by atoms with Crippen LogP contribution < -0.4 is 16.0 Å². The molecule has 0 aliphatic carbocycles. The average Bonchev–Trinajstić information content (AvgIpc) is 2.76. The van der Waals surface area contributed by atoms with Gasteiger partial charge in [-0.15, -0.1) is 0 Å². The van der Waals surface area contributed by atoms with E-state index in [1.165, 1.54) is 11.3 Å². The number of primary amides is 1. The van der Waals surface area contributed by atoms with Crippen LogP contribution in [0.1, 0.15) is 18.9 Å². The molecule has 0 saturated carbocycles. The topological polar surface area (TPSA) is 58.4 Å². The van der Waals surface area contributed by atoms with Crippen LogP contribution in [0.25, 0.3) is 0 Å². The highest BCUT2D eigenvalue weighted by Gasteiger charge is 2.39. The van der Waals surface area contributed by atoms with E-state index in [2.05, 4.69) is 38.3 Å². The van der Waals surface area contributed by atoms with Crippen molar-refractivity contribution in [2.75, 3.05) is 25.0 Å². The molecule has 1 fully saturated rings. The van der Waals surface area contributed by atoms with Crippen molar-refractivity contribution in [3.8, 4) is 0 Å².